The van der Waals surface area contributed by atoms with Crippen molar-refractivity contribution in [3.05, 3.63) is 70.7 Å². The maximum Gasteiger partial charge on any atom is 0.407 e. The van der Waals surface area contributed by atoms with Crippen molar-refractivity contribution in [2.45, 2.75) is 18.5 Å². The lowest BCUT2D eigenvalue weighted by molar-refractivity contribution is 0.165. The Balaban J connectivity index is 1.76. The van der Waals surface area contributed by atoms with Crippen molar-refractivity contribution < 1.29 is 9.53 Å². The number of rotatable bonds is 4. The third-order valence-electron chi connectivity index (χ3n) is 4.43. The topological polar surface area (TPSA) is 41.6 Å². The summed E-state index contributed by atoms with van der Waals surface area (Å²) in [6.45, 7) is 2.53. The molecule has 1 saturated heterocycles. The maximum absolute atomic E-state index is 11.7. The van der Waals surface area contributed by atoms with Crippen molar-refractivity contribution in [1.82, 2.24) is 10.2 Å². The van der Waals surface area contributed by atoms with Crippen LogP contribution in [0.2, 0.25) is 5.02 Å². The molecule has 1 heterocycles. The van der Waals surface area contributed by atoms with Gasteiger partial charge in [0.05, 0.1) is 13.2 Å². The number of benzene rings is 2. The number of methoxy groups -OCH3 is 1. The Morgan fingerprint density at radius 1 is 1.17 bits per heavy atom. The molecule has 1 amide bonds. The molecular formula is C19H21ClN2O2. The van der Waals surface area contributed by atoms with Gasteiger partial charge in [0.15, 0.2) is 0 Å². The molecule has 0 bridgehead atoms. The summed E-state index contributed by atoms with van der Waals surface area (Å²) in [5, 5.41) is 3.69. The van der Waals surface area contributed by atoms with Gasteiger partial charge in [0.2, 0.25) is 0 Å². The highest BCUT2D eigenvalue weighted by Gasteiger charge is 2.35. The van der Waals surface area contributed by atoms with E-state index < -0.39 is 0 Å². The molecule has 1 aliphatic heterocycles. The van der Waals surface area contributed by atoms with Gasteiger partial charge in [0.25, 0.3) is 0 Å². The van der Waals surface area contributed by atoms with E-state index >= 15 is 0 Å². The number of hydrogen-bond donors (Lipinski definition) is 1. The van der Waals surface area contributed by atoms with Crippen LogP contribution >= 0.6 is 11.6 Å². The highest BCUT2D eigenvalue weighted by molar-refractivity contribution is 6.30. The first kappa shape index (κ1) is 16.8. The summed E-state index contributed by atoms with van der Waals surface area (Å²) in [6, 6.07) is 18.2. The van der Waals surface area contributed by atoms with E-state index in [0.29, 0.717) is 0 Å². The van der Waals surface area contributed by atoms with E-state index in [0.717, 1.165) is 24.7 Å². The predicted octanol–water partition coefficient (Wildman–Crippen LogP) is 3.66. The van der Waals surface area contributed by atoms with Gasteiger partial charge >= 0.3 is 6.09 Å². The first-order valence-corrected chi connectivity index (χ1v) is 8.39. The third-order valence-corrected chi connectivity index (χ3v) is 4.68. The fourth-order valence-electron chi connectivity index (χ4n) is 3.26. The zero-order valence-electron chi connectivity index (χ0n) is 13.6. The van der Waals surface area contributed by atoms with Crippen molar-refractivity contribution >= 4 is 17.7 Å². The van der Waals surface area contributed by atoms with Gasteiger partial charge in [-0.05, 0) is 23.3 Å². The van der Waals surface area contributed by atoms with Crippen LogP contribution in [0.25, 0.3) is 0 Å². The number of likely N-dealkylation sites (tertiary alicyclic amines) is 1. The standard InChI is InChI=1S/C19H21ClN2O2/c1-24-19(23)21-18-13-22(11-14-5-3-2-4-6-14)12-17(18)15-7-9-16(20)10-8-15/h2-10,17-18H,11-13H2,1H3,(H,21,23). The van der Waals surface area contributed by atoms with Gasteiger partial charge in [-0.1, -0.05) is 54.1 Å². The second-order valence-corrected chi connectivity index (χ2v) is 6.52. The highest BCUT2D eigenvalue weighted by Crippen LogP contribution is 2.29. The van der Waals surface area contributed by atoms with Crippen molar-refractivity contribution in [2.24, 2.45) is 0 Å². The van der Waals surface area contributed by atoms with Gasteiger partial charge in [-0.2, -0.15) is 0 Å². The first-order valence-electron chi connectivity index (χ1n) is 8.02. The van der Waals surface area contributed by atoms with Crippen LogP contribution in [-0.4, -0.2) is 37.2 Å². The summed E-state index contributed by atoms with van der Waals surface area (Å²) < 4.78 is 4.78. The normalized spacial score (nSPS) is 20.8. The Kier molecular flexibility index (Phi) is 5.38. The van der Waals surface area contributed by atoms with Gasteiger partial charge in [-0.25, -0.2) is 4.79 Å². The summed E-state index contributed by atoms with van der Waals surface area (Å²) in [5.74, 6) is 0.213. The number of carbonyl (C=O) groups is 1. The van der Waals surface area contributed by atoms with Gasteiger partial charge in [-0.15, -0.1) is 0 Å². The number of carbonyl (C=O) groups excluding carboxylic acids is 1. The molecule has 2 atom stereocenters. The van der Waals surface area contributed by atoms with Gasteiger partial charge in [-0.3, -0.25) is 4.90 Å². The minimum atomic E-state index is -0.388. The molecule has 0 aromatic heterocycles. The molecule has 0 aliphatic carbocycles. The van der Waals surface area contributed by atoms with Gasteiger partial charge in [0.1, 0.15) is 0 Å². The van der Waals surface area contributed by atoms with Crippen LogP contribution < -0.4 is 5.32 Å². The predicted molar refractivity (Wildman–Crippen MR) is 95.2 cm³/mol. The van der Waals surface area contributed by atoms with Crippen LogP contribution in [0.1, 0.15) is 17.0 Å². The van der Waals surface area contributed by atoms with E-state index in [-0.39, 0.29) is 18.1 Å². The first-order chi connectivity index (χ1) is 11.7. The Labute approximate surface area is 147 Å². The van der Waals surface area contributed by atoms with Crippen molar-refractivity contribution in [3.8, 4) is 0 Å². The zero-order chi connectivity index (χ0) is 16.9. The van der Waals surface area contributed by atoms with E-state index in [4.69, 9.17) is 16.3 Å². The molecule has 0 spiro atoms. The van der Waals surface area contributed by atoms with Crippen LogP contribution in [0.3, 0.4) is 0 Å². The number of amides is 1. The summed E-state index contributed by atoms with van der Waals surface area (Å²) in [7, 11) is 1.39. The number of nitrogens with zero attached hydrogens (tertiary/aromatic N) is 1. The molecule has 0 radical (unpaired) electrons. The molecule has 2 unspecified atom stereocenters. The minimum absolute atomic E-state index is 0.0161. The average Bonchev–Trinajstić information content (AvgIpc) is 2.98. The Bertz CT molecular complexity index is 676. The number of ether oxygens (including phenoxy) is 1. The summed E-state index contributed by atoms with van der Waals surface area (Å²) in [5.41, 5.74) is 2.45. The van der Waals surface area contributed by atoms with E-state index in [1.54, 1.807) is 0 Å². The fourth-order valence-corrected chi connectivity index (χ4v) is 3.39. The van der Waals surface area contributed by atoms with Gasteiger partial charge < -0.3 is 10.1 Å². The summed E-state index contributed by atoms with van der Waals surface area (Å²) in [4.78, 5) is 14.0. The van der Waals surface area contributed by atoms with Gasteiger partial charge in [0, 0.05) is 30.6 Å². The summed E-state index contributed by atoms with van der Waals surface area (Å²) in [6.07, 6.45) is -0.388. The van der Waals surface area contributed by atoms with Crippen LogP contribution in [0.5, 0.6) is 0 Å². The van der Waals surface area contributed by atoms with Crippen LogP contribution in [0.15, 0.2) is 54.6 Å². The van der Waals surface area contributed by atoms with E-state index in [1.165, 1.54) is 18.2 Å². The lowest BCUT2D eigenvalue weighted by Crippen LogP contribution is -2.39. The summed E-state index contributed by atoms with van der Waals surface area (Å²) >= 11 is 6.00. The zero-order valence-corrected chi connectivity index (χ0v) is 14.4. The fraction of sp³-hybridized carbons (Fsp3) is 0.316. The van der Waals surface area contributed by atoms with E-state index in [9.17, 15) is 4.79 Å². The molecular weight excluding hydrogens is 324 g/mol. The SMILES string of the molecule is COC(=O)NC1CN(Cc2ccccc2)CC1c1ccc(Cl)cc1. The number of hydrogen-bond acceptors (Lipinski definition) is 3. The monoisotopic (exact) mass is 344 g/mol. The third kappa shape index (κ3) is 4.08. The smallest absolute Gasteiger partial charge is 0.407 e. The lowest BCUT2D eigenvalue weighted by atomic mass is 9.94. The van der Waals surface area contributed by atoms with Crippen molar-refractivity contribution in [2.75, 3.05) is 20.2 Å². The molecule has 126 valence electrons. The largest absolute Gasteiger partial charge is 0.453 e. The Morgan fingerprint density at radius 2 is 1.88 bits per heavy atom. The highest BCUT2D eigenvalue weighted by atomic mass is 35.5. The number of halogens is 1. The molecule has 4 nitrogen and oxygen atoms in total. The lowest BCUT2D eigenvalue weighted by Gasteiger charge is -2.19. The molecule has 2 aromatic rings. The molecule has 24 heavy (non-hydrogen) atoms. The van der Waals surface area contributed by atoms with Crippen LogP contribution in [0, 0.1) is 0 Å². The molecule has 3 rings (SSSR count). The minimum Gasteiger partial charge on any atom is -0.453 e. The Hall–Kier alpha value is -2.04. The molecule has 1 N–H and O–H groups in total. The maximum atomic E-state index is 11.7. The van der Waals surface area contributed by atoms with Crippen molar-refractivity contribution in [1.29, 1.82) is 0 Å². The van der Waals surface area contributed by atoms with Crippen LogP contribution in [-0.2, 0) is 11.3 Å². The van der Waals surface area contributed by atoms with Crippen molar-refractivity contribution in [3.63, 3.8) is 0 Å². The second kappa shape index (κ2) is 7.69. The molecule has 1 fully saturated rings. The van der Waals surface area contributed by atoms with E-state index in [2.05, 4.69) is 22.3 Å². The average molecular weight is 345 g/mol. The van der Waals surface area contributed by atoms with E-state index in [1.807, 2.05) is 42.5 Å². The molecule has 2 aromatic carbocycles. The quantitative estimate of drug-likeness (QED) is 0.920. The van der Waals surface area contributed by atoms with Crippen LogP contribution in [0.4, 0.5) is 4.79 Å². The second-order valence-electron chi connectivity index (χ2n) is 6.08. The number of alkyl carbamates (subject to hydrolysis) is 1. The molecule has 5 heteroatoms. The molecule has 1 aliphatic rings. The Morgan fingerprint density at radius 3 is 2.54 bits per heavy atom. The molecule has 0 saturated carbocycles. The number of nitrogens with one attached hydrogen (secondary N) is 1.